The molecule has 2 aromatic rings. The van der Waals surface area contributed by atoms with Crippen LogP contribution in [0.15, 0.2) is 53.8 Å². The molecule has 3 rings (SSSR count). The van der Waals surface area contributed by atoms with Crippen LogP contribution in [0.3, 0.4) is 0 Å². The van der Waals surface area contributed by atoms with E-state index in [2.05, 4.69) is 15.6 Å². The Hall–Kier alpha value is -4.24. The summed E-state index contributed by atoms with van der Waals surface area (Å²) in [5, 5.41) is 15.5. The van der Waals surface area contributed by atoms with Gasteiger partial charge >= 0.3 is 12.2 Å². The number of benzene rings is 1. The summed E-state index contributed by atoms with van der Waals surface area (Å²) in [5.41, 5.74) is 0.211. The average Bonchev–Trinajstić information content (AvgIpc) is 3.02. The fourth-order valence-electron chi connectivity index (χ4n) is 4.61. The number of aromatic nitrogens is 1. The molecular weight excluding hydrogens is 612 g/mol. The molecule has 0 spiro atoms. The molecule has 0 unspecified atom stereocenters. The molecular formula is C33H46ClN6O6+. The Morgan fingerprint density at radius 1 is 1.02 bits per heavy atom. The Labute approximate surface area is 276 Å². The van der Waals surface area contributed by atoms with E-state index < -0.39 is 11.8 Å². The van der Waals surface area contributed by atoms with Crippen molar-refractivity contribution in [1.29, 1.82) is 5.26 Å². The van der Waals surface area contributed by atoms with Crippen LogP contribution in [0, 0.1) is 17.4 Å². The van der Waals surface area contributed by atoms with Gasteiger partial charge in [0.15, 0.2) is 18.6 Å². The molecule has 46 heavy (non-hydrogen) atoms. The Bertz CT molecular complexity index is 1290. The topological polar surface area (TPSA) is 138 Å². The molecule has 0 bridgehead atoms. The predicted molar refractivity (Wildman–Crippen MR) is 174 cm³/mol. The van der Waals surface area contributed by atoms with Gasteiger partial charge in [-0.25, -0.2) is 9.59 Å². The van der Waals surface area contributed by atoms with Crippen LogP contribution in [-0.2, 0) is 20.9 Å². The summed E-state index contributed by atoms with van der Waals surface area (Å²) in [5.74, 6) is 1.55. The van der Waals surface area contributed by atoms with Crippen molar-refractivity contribution >= 4 is 35.5 Å². The fraction of sp³-hybridized carbons (Fsp3) is 0.545. The van der Waals surface area contributed by atoms with Crippen LogP contribution in [0.1, 0.15) is 65.7 Å². The van der Waals surface area contributed by atoms with Crippen molar-refractivity contribution in [3.63, 3.8) is 0 Å². The highest BCUT2D eigenvalue weighted by Crippen LogP contribution is 2.22. The molecule has 0 atom stereocenters. The van der Waals surface area contributed by atoms with Crippen molar-refractivity contribution in [3.8, 4) is 11.9 Å². The Balaban J connectivity index is 1.26. The maximum atomic E-state index is 12.2. The Morgan fingerprint density at radius 2 is 1.72 bits per heavy atom. The number of carbonyl (C=O) groups is 2. The monoisotopic (exact) mass is 657 g/mol. The second-order valence-corrected chi connectivity index (χ2v) is 12.4. The summed E-state index contributed by atoms with van der Waals surface area (Å²) >= 11 is 5.89. The Kier molecular flexibility index (Phi) is 15.2. The smallest absolute Gasteiger partial charge is 0.494 e. The number of amides is 1. The first-order valence-electron chi connectivity index (χ1n) is 15.7. The number of rotatable bonds is 14. The molecule has 2 heterocycles. The van der Waals surface area contributed by atoms with Crippen molar-refractivity contribution in [2.45, 2.75) is 78.0 Å². The van der Waals surface area contributed by atoms with Gasteiger partial charge in [-0.05, 0) is 89.5 Å². The molecule has 1 fully saturated rings. The largest absolute Gasteiger partial charge is 0.513 e. The van der Waals surface area contributed by atoms with E-state index in [1.807, 2.05) is 51.2 Å². The average molecular weight is 658 g/mol. The lowest BCUT2D eigenvalue weighted by molar-refractivity contribution is -0.727. The quantitative estimate of drug-likeness (QED) is 0.0459. The van der Waals surface area contributed by atoms with E-state index in [1.54, 1.807) is 34.0 Å². The van der Waals surface area contributed by atoms with Crippen molar-refractivity contribution in [3.05, 3.63) is 53.8 Å². The van der Waals surface area contributed by atoms with Crippen molar-refractivity contribution < 1.29 is 33.1 Å². The van der Waals surface area contributed by atoms with Gasteiger partial charge in [0.05, 0.1) is 18.9 Å². The zero-order chi connectivity index (χ0) is 33.2. The highest BCUT2D eigenvalue weighted by molar-refractivity contribution is 6.30. The zero-order valence-corrected chi connectivity index (χ0v) is 27.8. The standard InChI is InChI=1S/C33H45ClN6O6/c1-33(2,3)46-31(41)40-20-12-26(13-21-40)16-23-44-32(42)45-25-39-18-14-28(15-19-39)38-30(37-24-35)36-17-6-4-5-7-22-43-29-10-8-27(34)9-11-29/h8-11,14-15,18-19,26H,4-7,12-13,16-17,20-23,25H2,1-3H3,(H,36,37)/p+1. The van der Waals surface area contributed by atoms with E-state index in [-0.39, 0.29) is 19.4 Å². The molecule has 0 aliphatic carbocycles. The van der Waals surface area contributed by atoms with Gasteiger partial charge in [0.2, 0.25) is 5.96 Å². The van der Waals surface area contributed by atoms with Crippen LogP contribution in [0.4, 0.5) is 15.3 Å². The first kappa shape index (κ1) is 36.2. The van der Waals surface area contributed by atoms with E-state index in [0.717, 1.165) is 50.0 Å². The summed E-state index contributed by atoms with van der Waals surface area (Å²) in [6.07, 6.45) is 10.6. The van der Waals surface area contributed by atoms with Gasteiger partial charge in [-0.2, -0.15) is 9.83 Å². The zero-order valence-electron chi connectivity index (χ0n) is 27.0. The lowest BCUT2D eigenvalue weighted by atomic mass is 9.94. The molecule has 1 aromatic heterocycles. The first-order valence-corrected chi connectivity index (χ1v) is 16.1. The molecule has 0 saturated carbocycles. The van der Waals surface area contributed by atoms with E-state index in [9.17, 15) is 9.59 Å². The number of nitrogens with zero attached hydrogens (tertiary/aromatic N) is 4. The van der Waals surface area contributed by atoms with Gasteiger partial charge in [0.1, 0.15) is 11.4 Å². The van der Waals surface area contributed by atoms with Gasteiger partial charge in [0.25, 0.3) is 6.73 Å². The number of pyridine rings is 1. The molecule has 1 aliphatic heterocycles. The molecule has 250 valence electrons. The number of halogens is 1. The van der Waals surface area contributed by atoms with E-state index in [1.165, 1.54) is 0 Å². The van der Waals surface area contributed by atoms with Gasteiger partial charge in [-0.15, -0.1) is 0 Å². The normalized spacial score (nSPS) is 13.8. The molecule has 0 radical (unpaired) electrons. The number of nitrogens with one attached hydrogen (secondary N) is 2. The van der Waals surface area contributed by atoms with Gasteiger partial charge in [-0.1, -0.05) is 18.0 Å². The van der Waals surface area contributed by atoms with Crippen molar-refractivity contribution in [2.75, 3.05) is 38.2 Å². The molecule has 1 aliphatic rings. The van der Waals surface area contributed by atoms with Crippen LogP contribution in [0.25, 0.3) is 0 Å². The number of hydrogen-bond donors (Lipinski definition) is 2. The van der Waals surface area contributed by atoms with Crippen molar-refractivity contribution in [1.82, 2.24) is 10.2 Å². The minimum Gasteiger partial charge on any atom is -0.494 e. The maximum Gasteiger partial charge on any atom is 0.513 e. The highest BCUT2D eigenvalue weighted by Gasteiger charge is 2.27. The molecule has 1 aromatic carbocycles. The molecule has 1 saturated heterocycles. The van der Waals surface area contributed by atoms with E-state index in [4.69, 9.17) is 35.8 Å². The van der Waals surface area contributed by atoms with E-state index >= 15 is 0 Å². The molecule has 13 heteroatoms. The third kappa shape index (κ3) is 14.7. The minimum absolute atomic E-state index is 0.00444. The minimum atomic E-state index is -0.734. The lowest BCUT2D eigenvalue weighted by Gasteiger charge is -2.33. The van der Waals surface area contributed by atoms with Gasteiger partial charge in [0, 0.05) is 36.8 Å². The second kappa shape index (κ2) is 19.3. The number of unbranched alkanes of at least 4 members (excludes halogenated alkanes) is 3. The summed E-state index contributed by atoms with van der Waals surface area (Å²) in [7, 11) is 0. The number of carbonyl (C=O) groups excluding carboxylic acids is 2. The number of anilines is 1. The van der Waals surface area contributed by atoms with Crippen LogP contribution in [-0.4, -0.2) is 61.6 Å². The van der Waals surface area contributed by atoms with Gasteiger partial charge in [-0.3, -0.25) is 10.3 Å². The number of hydrogen-bond acceptors (Lipinski definition) is 8. The van der Waals surface area contributed by atoms with Crippen LogP contribution >= 0.6 is 11.6 Å². The molecule has 1 amide bonds. The third-order valence-corrected chi connectivity index (χ3v) is 7.33. The van der Waals surface area contributed by atoms with Crippen LogP contribution < -0.4 is 19.9 Å². The Morgan fingerprint density at radius 3 is 2.39 bits per heavy atom. The lowest BCUT2D eigenvalue weighted by Crippen LogP contribution is -2.41. The summed E-state index contributed by atoms with van der Waals surface area (Å²) in [6, 6.07) is 10.9. The predicted octanol–water partition coefficient (Wildman–Crippen LogP) is 6.25. The highest BCUT2D eigenvalue weighted by atomic mass is 35.5. The number of nitriles is 1. The van der Waals surface area contributed by atoms with E-state index in [0.29, 0.717) is 49.6 Å². The number of guanidine groups is 1. The molecule has 12 nitrogen and oxygen atoms in total. The maximum absolute atomic E-state index is 12.2. The number of ether oxygens (including phenoxy) is 4. The number of likely N-dealkylation sites (tertiary alicyclic amines) is 1. The van der Waals surface area contributed by atoms with Gasteiger partial charge < -0.3 is 29.2 Å². The second-order valence-electron chi connectivity index (χ2n) is 12.0. The summed E-state index contributed by atoms with van der Waals surface area (Å²) < 4.78 is 23.3. The number of piperidine rings is 1. The SMILES string of the molecule is CC(C)(C)OC(=O)N1CCC(CCOC(=O)OC[n+]2ccc(NC(=NCCCCCCOc3ccc(Cl)cc3)NC#N)cc2)CC1. The summed E-state index contributed by atoms with van der Waals surface area (Å²) in [6.45, 7) is 8.31. The van der Waals surface area contributed by atoms with Crippen molar-refractivity contribution in [2.24, 2.45) is 10.9 Å². The fourth-order valence-corrected chi connectivity index (χ4v) is 4.74. The van der Waals surface area contributed by atoms with Crippen LogP contribution in [0.2, 0.25) is 5.02 Å². The number of aliphatic imine (C=N–C) groups is 1. The molecule has 2 N–H and O–H groups in total. The summed E-state index contributed by atoms with van der Waals surface area (Å²) in [4.78, 5) is 30.5. The van der Waals surface area contributed by atoms with Crippen LogP contribution in [0.5, 0.6) is 5.75 Å². The third-order valence-electron chi connectivity index (χ3n) is 7.08. The first-order chi connectivity index (χ1) is 22.1.